The van der Waals surface area contributed by atoms with Gasteiger partial charge in [0.05, 0.1) is 11.4 Å². The zero-order valence-corrected chi connectivity index (χ0v) is 21.9. The zero-order chi connectivity index (χ0) is 23.7. The Morgan fingerprint density at radius 1 is 1.12 bits per heavy atom. The van der Waals surface area contributed by atoms with Crippen LogP contribution in [0.3, 0.4) is 0 Å². The summed E-state index contributed by atoms with van der Waals surface area (Å²) in [4.78, 5) is 18.7. The second-order valence-electron chi connectivity index (χ2n) is 8.77. The fourth-order valence-corrected chi connectivity index (χ4v) is 6.91. The molecule has 1 aliphatic carbocycles. The van der Waals surface area contributed by atoms with Crippen LogP contribution in [-0.4, -0.2) is 31.4 Å². The summed E-state index contributed by atoms with van der Waals surface area (Å²) in [5, 5.41) is 17.5. The van der Waals surface area contributed by atoms with E-state index in [2.05, 4.69) is 63.3 Å². The normalized spacial score (nSPS) is 13.3. The Kier molecular flexibility index (Phi) is 6.85. The number of anilines is 1. The highest BCUT2D eigenvalue weighted by atomic mass is 32.2. The number of hydrogen-bond acceptors (Lipinski definition) is 7. The molecule has 6 nitrogen and oxygen atoms in total. The molecule has 0 unspecified atom stereocenters. The average Bonchev–Trinajstić information content (AvgIpc) is 3.56. The van der Waals surface area contributed by atoms with Crippen LogP contribution in [0.2, 0.25) is 0 Å². The van der Waals surface area contributed by atoms with Gasteiger partial charge in [0.1, 0.15) is 0 Å². The minimum atomic E-state index is -0.0948. The molecule has 5 rings (SSSR count). The van der Waals surface area contributed by atoms with Crippen molar-refractivity contribution in [2.24, 2.45) is 0 Å². The van der Waals surface area contributed by atoms with Crippen LogP contribution in [0, 0.1) is 6.92 Å². The molecule has 0 aliphatic heterocycles. The number of aryl methyl sites for hydroxylation is 2. The highest BCUT2D eigenvalue weighted by Crippen LogP contribution is 2.38. The van der Waals surface area contributed by atoms with Gasteiger partial charge in [-0.25, -0.2) is 4.98 Å². The van der Waals surface area contributed by atoms with Crippen LogP contribution in [0.25, 0.3) is 22.6 Å². The second-order valence-corrected chi connectivity index (χ2v) is 11.5. The first-order valence-electron chi connectivity index (χ1n) is 11.5. The molecule has 0 saturated carbocycles. The number of nitrogens with one attached hydrogen (secondary N) is 1. The summed E-state index contributed by atoms with van der Waals surface area (Å²) in [5.74, 6) is 1.08. The summed E-state index contributed by atoms with van der Waals surface area (Å²) in [7, 11) is 0. The quantitative estimate of drug-likeness (QED) is 0.283. The highest BCUT2D eigenvalue weighted by Gasteiger charge is 2.24. The van der Waals surface area contributed by atoms with Gasteiger partial charge in [-0.2, -0.15) is 0 Å². The molecular weight excluding hydrogens is 483 g/mol. The van der Waals surface area contributed by atoms with Crippen LogP contribution < -0.4 is 5.32 Å². The topological polar surface area (TPSA) is 72.7 Å². The van der Waals surface area contributed by atoms with Gasteiger partial charge in [-0.15, -0.1) is 32.9 Å². The Balaban J connectivity index is 1.27. The Morgan fingerprint density at radius 2 is 1.91 bits per heavy atom. The first kappa shape index (κ1) is 23.3. The number of aromatic nitrogens is 4. The fraction of sp³-hybridized carbons (Fsp3) is 0.360. The molecule has 1 aliphatic rings. The van der Waals surface area contributed by atoms with Crippen molar-refractivity contribution < 1.29 is 4.79 Å². The first-order chi connectivity index (χ1) is 16.5. The number of thioether (sulfide) groups is 1. The Bertz CT molecular complexity index is 1300. The molecule has 34 heavy (non-hydrogen) atoms. The van der Waals surface area contributed by atoms with Gasteiger partial charge < -0.3 is 5.32 Å². The van der Waals surface area contributed by atoms with Crippen molar-refractivity contribution in [1.82, 2.24) is 19.7 Å². The molecule has 0 saturated heterocycles. The number of thiophene rings is 1. The Hall–Kier alpha value is -2.49. The van der Waals surface area contributed by atoms with Crippen LogP contribution >= 0.6 is 34.4 Å². The number of carbonyl (C=O) groups is 1. The van der Waals surface area contributed by atoms with Crippen LogP contribution in [0.5, 0.6) is 0 Å². The molecule has 1 N–H and O–H groups in total. The summed E-state index contributed by atoms with van der Waals surface area (Å²) in [6, 6.07) is 8.42. The molecular formula is C25H27N5OS3. The molecule has 1 amide bonds. The minimum absolute atomic E-state index is 0.0948. The molecule has 176 valence electrons. The lowest BCUT2D eigenvalue weighted by Gasteiger charge is -2.16. The number of hydrogen-bond donors (Lipinski definition) is 1. The van der Waals surface area contributed by atoms with E-state index in [1.807, 2.05) is 28.8 Å². The molecule has 0 bridgehead atoms. The van der Waals surface area contributed by atoms with E-state index in [-0.39, 0.29) is 17.7 Å². The predicted octanol–water partition coefficient (Wildman–Crippen LogP) is 6.63. The third-order valence-electron chi connectivity index (χ3n) is 5.91. The Labute approximate surface area is 211 Å². The third kappa shape index (κ3) is 4.82. The van der Waals surface area contributed by atoms with Gasteiger partial charge in [0.25, 0.3) is 0 Å². The number of nitrogens with zero attached hydrogens (tertiary/aromatic N) is 4. The average molecular weight is 510 g/mol. The third-order valence-corrected chi connectivity index (χ3v) is 8.70. The highest BCUT2D eigenvalue weighted by molar-refractivity contribution is 7.99. The van der Waals surface area contributed by atoms with Crippen molar-refractivity contribution in [2.45, 2.75) is 57.7 Å². The number of benzene rings is 1. The van der Waals surface area contributed by atoms with Crippen molar-refractivity contribution in [3.05, 3.63) is 51.0 Å². The van der Waals surface area contributed by atoms with E-state index in [1.165, 1.54) is 63.9 Å². The van der Waals surface area contributed by atoms with E-state index in [0.29, 0.717) is 5.13 Å². The maximum atomic E-state index is 12.7. The van der Waals surface area contributed by atoms with Crippen molar-refractivity contribution in [3.8, 4) is 22.6 Å². The standard InChI is InChI=1S/C25H27N5OS3/c1-15(2)30-23(19-12-32-21-7-5-4-6-18(19)21)28-29-25(30)34-14-22(31)27-24-26-20(13-33-24)17-10-8-16(3)9-11-17/h8-13,15H,4-7,14H2,1-3H3,(H,26,27,31). The van der Waals surface area contributed by atoms with E-state index < -0.39 is 0 Å². The Morgan fingerprint density at radius 3 is 2.71 bits per heavy atom. The molecule has 0 fully saturated rings. The number of amides is 1. The lowest BCUT2D eigenvalue weighted by atomic mass is 9.95. The monoisotopic (exact) mass is 509 g/mol. The van der Waals surface area contributed by atoms with Gasteiger partial charge in [-0.05, 0) is 52.0 Å². The lowest BCUT2D eigenvalue weighted by Crippen LogP contribution is -2.15. The van der Waals surface area contributed by atoms with Crippen LogP contribution in [-0.2, 0) is 17.6 Å². The van der Waals surface area contributed by atoms with E-state index in [9.17, 15) is 4.79 Å². The summed E-state index contributed by atoms with van der Waals surface area (Å²) >= 11 is 4.70. The van der Waals surface area contributed by atoms with Crippen molar-refractivity contribution >= 4 is 45.5 Å². The number of fused-ring (bicyclic) bond motifs is 1. The van der Waals surface area contributed by atoms with Crippen molar-refractivity contribution in [1.29, 1.82) is 0 Å². The molecule has 3 heterocycles. The van der Waals surface area contributed by atoms with Crippen LogP contribution in [0.1, 0.15) is 48.7 Å². The van der Waals surface area contributed by atoms with Gasteiger partial charge in [-0.3, -0.25) is 9.36 Å². The van der Waals surface area contributed by atoms with Crippen molar-refractivity contribution in [2.75, 3.05) is 11.1 Å². The number of carbonyl (C=O) groups excluding carboxylic acids is 1. The smallest absolute Gasteiger partial charge is 0.236 e. The zero-order valence-electron chi connectivity index (χ0n) is 19.5. The maximum Gasteiger partial charge on any atom is 0.236 e. The summed E-state index contributed by atoms with van der Waals surface area (Å²) < 4.78 is 2.16. The SMILES string of the molecule is Cc1ccc(-c2csc(NC(=O)CSc3nnc(-c4csc5c4CCCC5)n3C(C)C)n2)cc1. The lowest BCUT2D eigenvalue weighted by molar-refractivity contribution is -0.113. The van der Waals surface area contributed by atoms with Gasteiger partial charge in [0.15, 0.2) is 16.1 Å². The summed E-state index contributed by atoms with van der Waals surface area (Å²) in [6.07, 6.45) is 4.78. The predicted molar refractivity (Wildman–Crippen MR) is 142 cm³/mol. The van der Waals surface area contributed by atoms with Gasteiger partial charge in [0, 0.05) is 32.8 Å². The molecule has 1 aromatic carbocycles. The number of thiazole rings is 1. The second kappa shape index (κ2) is 10.0. The first-order valence-corrected chi connectivity index (χ1v) is 14.2. The van der Waals surface area contributed by atoms with E-state index in [0.717, 1.165) is 28.7 Å². The van der Waals surface area contributed by atoms with E-state index >= 15 is 0 Å². The van der Waals surface area contributed by atoms with Crippen LogP contribution in [0.4, 0.5) is 5.13 Å². The summed E-state index contributed by atoms with van der Waals surface area (Å²) in [6.45, 7) is 6.33. The van der Waals surface area contributed by atoms with Crippen LogP contribution in [0.15, 0.2) is 40.2 Å². The van der Waals surface area contributed by atoms with Crippen molar-refractivity contribution in [3.63, 3.8) is 0 Å². The maximum absolute atomic E-state index is 12.7. The largest absolute Gasteiger partial charge is 0.301 e. The number of rotatable bonds is 7. The molecule has 0 spiro atoms. The molecule has 0 radical (unpaired) electrons. The van der Waals surface area contributed by atoms with E-state index in [1.54, 1.807) is 0 Å². The molecule has 9 heteroatoms. The minimum Gasteiger partial charge on any atom is -0.301 e. The van der Waals surface area contributed by atoms with Gasteiger partial charge in [0.2, 0.25) is 5.91 Å². The molecule has 4 aromatic rings. The van der Waals surface area contributed by atoms with Gasteiger partial charge in [-0.1, -0.05) is 41.6 Å². The summed E-state index contributed by atoms with van der Waals surface area (Å²) in [5.41, 5.74) is 5.78. The fourth-order valence-electron chi connectivity index (χ4n) is 4.18. The molecule has 3 aromatic heterocycles. The molecule has 0 atom stereocenters. The van der Waals surface area contributed by atoms with E-state index in [4.69, 9.17) is 0 Å². The van der Waals surface area contributed by atoms with Gasteiger partial charge >= 0.3 is 0 Å².